The van der Waals surface area contributed by atoms with Gasteiger partial charge in [0.2, 0.25) is 0 Å². The number of aromatic nitrogens is 1. The molecule has 0 saturated carbocycles. The highest BCUT2D eigenvalue weighted by Gasteiger charge is 1.98. The van der Waals surface area contributed by atoms with Gasteiger partial charge in [-0.15, -0.1) is 0 Å². The first-order chi connectivity index (χ1) is 4.97. The van der Waals surface area contributed by atoms with Crippen LogP contribution in [0.3, 0.4) is 0 Å². The normalized spacial score (nSPS) is 10.0. The van der Waals surface area contributed by atoms with E-state index in [9.17, 15) is 0 Å². The van der Waals surface area contributed by atoms with Crippen LogP contribution in [0.1, 0.15) is 0 Å². The standard InChI is InChI=1S/C8H6NO/c1-2-8(10-5-1)7-3-4-9-6-7/h1-5,9H. The largest absolute Gasteiger partial charge is 0.464 e. The molecule has 0 saturated heterocycles. The lowest BCUT2D eigenvalue weighted by molar-refractivity contribution is 0.582. The molecule has 2 heteroatoms. The summed E-state index contributed by atoms with van der Waals surface area (Å²) >= 11 is 0. The minimum atomic E-state index is 0.848. The van der Waals surface area contributed by atoms with Crippen molar-refractivity contribution in [2.45, 2.75) is 0 Å². The molecule has 2 rings (SSSR count). The Morgan fingerprint density at radius 1 is 1.40 bits per heavy atom. The molecule has 2 nitrogen and oxygen atoms in total. The van der Waals surface area contributed by atoms with Gasteiger partial charge in [0.05, 0.1) is 12.5 Å². The van der Waals surface area contributed by atoms with Gasteiger partial charge in [-0.25, -0.2) is 0 Å². The quantitative estimate of drug-likeness (QED) is 0.632. The van der Waals surface area contributed by atoms with Gasteiger partial charge in [0.15, 0.2) is 0 Å². The summed E-state index contributed by atoms with van der Waals surface area (Å²) in [7, 11) is 0. The van der Waals surface area contributed by atoms with Gasteiger partial charge in [0, 0.05) is 11.8 Å². The Morgan fingerprint density at radius 2 is 2.40 bits per heavy atom. The molecule has 2 heterocycles. The van der Waals surface area contributed by atoms with Crippen LogP contribution in [0.15, 0.2) is 35.1 Å². The van der Waals surface area contributed by atoms with Crippen molar-refractivity contribution in [3.63, 3.8) is 0 Å². The maximum absolute atomic E-state index is 5.13. The van der Waals surface area contributed by atoms with Crippen molar-refractivity contribution in [2.24, 2.45) is 0 Å². The van der Waals surface area contributed by atoms with Crippen molar-refractivity contribution in [1.29, 1.82) is 0 Å². The molecule has 0 aliphatic carbocycles. The fraction of sp³-hybridized carbons (Fsp3) is 0. The van der Waals surface area contributed by atoms with Crippen molar-refractivity contribution >= 4 is 0 Å². The molecule has 49 valence electrons. The Balaban J connectivity index is 2.48. The lowest BCUT2D eigenvalue weighted by Gasteiger charge is -1.84. The van der Waals surface area contributed by atoms with Crippen LogP contribution in [0, 0.1) is 6.20 Å². The van der Waals surface area contributed by atoms with Crippen LogP contribution in [0.25, 0.3) is 11.3 Å². The summed E-state index contributed by atoms with van der Waals surface area (Å²) in [6, 6.07) is 5.68. The Hall–Kier alpha value is -1.44. The van der Waals surface area contributed by atoms with Crippen LogP contribution < -0.4 is 0 Å². The SMILES string of the molecule is [c]1[nH]ccc1-c1ccco1. The van der Waals surface area contributed by atoms with Crippen molar-refractivity contribution in [3.8, 4) is 11.3 Å². The van der Waals surface area contributed by atoms with Gasteiger partial charge in [-0.05, 0) is 18.2 Å². The van der Waals surface area contributed by atoms with Gasteiger partial charge in [-0.2, -0.15) is 0 Å². The second-order valence-corrected chi connectivity index (χ2v) is 1.99. The van der Waals surface area contributed by atoms with Crippen molar-refractivity contribution < 1.29 is 4.42 Å². The minimum absolute atomic E-state index is 0.848. The molecule has 0 amide bonds. The molecule has 0 aliphatic heterocycles. The first-order valence-corrected chi connectivity index (χ1v) is 3.06. The smallest absolute Gasteiger partial charge is 0.136 e. The zero-order chi connectivity index (χ0) is 6.81. The molecular formula is C8H6NO. The maximum atomic E-state index is 5.13. The highest BCUT2D eigenvalue weighted by Crippen LogP contribution is 2.17. The van der Waals surface area contributed by atoms with Gasteiger partial charge in [0.1, 0.15) is 5.76 Å². The lowest BCUT2D eigenvalue weighted by Crippen LogP contribution is -1.63. The number of H-pyrrole nitrogens is 1. The fourth-order valence-corrected chi connectivity index (χ4v) is 0.862. The van der Waals surface area contributed by atoms with E-state index < -0.39 is 0 Å². The van der Waals surface area contributed by atoms with E-state index in [-0.39, 0.29) is 0 Å². The zero-order valence-corrected chi connectivity index (χ0v) is 5.29. The summed E-state index contributed by atoms with van der Waals surface area (Å²) in [5, 5.41) is 0. The van der Waals surface area contributed by atoms with Crippen LogP contribution in [0.4, 0.5) is 0 Å². The summed E-state index contributed by atoms with van der Waals surface area (Å²) in [5.41, 5.74) is 0.963. The highest BCUT2D eigenvalue weighted by molar-refractivity contribution is 5.54. The van der Waals surface area contributed by atoms with E-state index in [1.54, 1.807) is 6.26 Å². The predicted octanol–water partition coefficient (Wildman–Crippen LogP) is 2.07. The van der Waals surface area contributed by atoms with Crippen LogP contribution in [-0.4, -0.2) is 4.98 Å². The molecule has 0 aromatic carbocycles. The fourth-order valence-electron chi connectivity index (χ4n) is 0.862. The zero-order valence-electron chi connectivity index (χ0n) is 5.29. The van der Waals surface area contributed by atoms with E-state index in [4.69, 9.17) is 4.42 Å². The second kappa shape index (κ2) is 2.06. The molecular weight excluding hydrogens is 126 g/mol. The minimum Gasteiger partial charge on any atom is -0.464 e. The average Bonchev–Trinajstić information content (AvgIpc) is 2.59. The number of furan rings is 1. The van der Waals surface area contributed by atoms with Gasteiger partial charge >= 0.3 is 0 Å². The lowest BCUT2D eigenvalue weighted by atomic mass is 10.3. The molecule has 0 aliphatic rings. The molecule has 0 bridgehead atoms. The molecule has 10 heavy (non-hydrogen) atoms. The summed E-state index contributed by atoms with van der Waals surface area (Å²) in [6.07, 6.45) is 6.39. The van der Waals surface area contributed by atoms with E-state index in [2.05, 4.69) is 11.2 Å². The van der Waals surface area contributed by atoms with E-state index in [1.807, 2.05) is 24.4 Å². The summed E-state index contributed by atoms with van der Waals surface area (Å²) in [6.45, 7) is 0. The number of hydrogen-bond donors (Lipinski definition) is 1. The first-order valence-electron chi connectivity index (χ1n) is 3.06. The highest BCUT2D eigenvalue weighted by atomic mass is 16.3. The summed E-state index contributed by atoms with van der Waals surface area (Å²) < 4.78 is 5.13. The molecule has 1 N–H and O–H groups in total. The topological polar surface area (TPSA) is 28.9 Å². The Labute approximate surface area is 58.5 Å². The third kappa shape index (κ3) is 0.739. The van der Waals surface area contributed by atoms with Crippen LogP contribution >= 0.6 is 0 Å². The van der Waals surface area contributed by atoms with Crippen molar-refractivity contribution in [2.75, 3.05) is 0 Å². The van der Waals surface area contributed by atoms with Crippen LogP contribution in [-0.2, 0) is 0 Å². The molecule has 2 aromatic heterocycles. The van der Waals surface area contributed by atoms with E-state index in [0.29, 0.717) is 0 Å². The molecule has 2 aromatic rings. The van der Waals surface area contributed by atoms with Crippen molar-refractivity contribution in [1.82, 2.24) is 4.98 Å². The van der Waals surface area contributed by atoms with Crippen molar-refractivity contribution in [3.05, 3.63) is 36.9 Å². The first kappa shape index (κ1) is 5.35. The van der Waals surface area contributed by atoms with E-state index >= 15 is 0 Å². The average molecular weight is 132 g/mol. The number of aromatic amines is 1. The third-order valence-electron chi connectivity index (χ3n) is 1.33. The number of hydrogen-bond acceptors (Lipinski definition) is 1. The van der Waals surface area contributed by atoms with Gasteiger partial charge < -0.3 is 9.40 Å². The Morgan fingerprint density at radius 3 is 3.00 bits per heavy atom. The van der Waals surface area contributed by atoms with Crippen LogP contribution in [0.2, 0.25) is 0 Å². The van der Waals surface area contributed by atoms with Gasteiger partial charge in [-0.1, -0.05) is 0 Å². The number of rotatable bonds is 1. The predicted molar refractivity (Wildman–Crippen MR) is 37.3 cm³/mol. The molecule has 0 fully saturated rings. The molecule has 1 radical (unpaired) electrons. The van der Waals surface area contributed by atoms with Crippen LogP contribution in [0.5, 0.6) is 0 Å². The number of nitrogens with one attached hydrogen (secondary N) is 1. The monoisotopic (exact) mass is 132 g/mol. The van der Waals surface area contributed by atoms with Gasteiger partial charge in [0.25, 0.3) is 0 Å². The van der Waals surface area contributed by atoms with E-state index in [1.165, 1.54) is 0 Å². The Kier molecular flexibility index (Phi) is 1.10. The maximum Gasteiger partial charge on any atom is 0.136 e. The molecule has 0 unspecified atom stereocenters. The molecule has 0 spiro atoms. The second-order valence-electron chi connectivity index (χ2n) is 1.99. The Bertz CT molecular complexity index is 249. The third-order valence-corrected chi connectivity index (χ3v) is 1.33. The summed E-state index contributed by atoms with van der Waals surface area (Å²) in [5.74, 6) is 0.848. The van der Waals surface area contributed by atoms with E-state index in [0.717, 1.165) is 11.3 Å². The van der Waals surface area contributed by atoms with Gasteiger partial charge in [-0.3, -0.25) is 0 Å². The molecule has 0 atom stereocenters. The summed E-state index contributed by atoms with van der Waals surface area (Å²) in [4.78, 5) is 2.83.